The Kier molecular flexibility index (Phi) is 5.19. The Labute approximate surface area is 76.6 Å². The standard InChI is InChI=1S/C11H21O/c1-5-6-7-8-9-10(12)11(2,3)4/h1,5-9H2,2-4H3. The molecular weight excluding hydrogens is 148 g/mol. The fourth-order valence-corrected chi connectivity index (χ4v) is 1.01. The van der Waals surface area contributed by atoms with E-state index in [0.717, 1.165) is 32.1 Å². The van der Waals surface area contributed by atoms with Gasteiger partial charge >= 0.3 is 0 Å². The van der Waals surface area contributed by atoms with Gasteiger partial charge in [0.05, 0.1) is 0 Å². The summed E-state index contributed by atoms with van der Waals surface area (Å²) < 4.78 is 0. The number of hydrogen-bond acceptors (Lipinski definition) is 1. The molecule has 0 atom stereocenters. The van der Waals surface area contributed by atoms with Crippen molar-refractivity contribution in [2.75, 3.05) is 0 Å². The highest BCUT2D eigenvalue weighted by molar-refractivity contribution is 5.83. The molecule has 0 saturated heterocycles. The summed E-state index contributed by atoms with van der Waals surface area (Å²) in [5.74, 6) is 0.381. The first kappa shape index (κ1) is 11.7. The molecule has 1 heteroatoms. The van der Waals surface area contributed by atoms with Gasteiger partial charge in [0.2, 0.25) is 0 Å². The molecule has 0 heterocycles. The van der Waals surface area contributed by atoms with Gasteiger partial charge in [-0.1, -0.05) is 47.0 Å². The second-order valence-electron chi connectivity index (χ2n) is 4.34. The zero-order valence-electron chi connectivity index (χ0n) is 8.65. The van der Waals surface area contributed by atoms with Gasteiger partial charge < -0.3 is 0 Å². The van der Waals surface area contributed by atoms with Crippen LogP contribution in [0.2, 0.25) is 0 Å². The normalized spacial score (nSPS) is 11.7. The SMILES string of the molecule is [CH2]CCCCCC(=O)C(C)(C)C. The van der Waals surface area contributed by atoms with Gasteiger partial charge in [-0.05, 0) is 6.42 Å². The average Bonchev–Trinajstić information content (AvgIpc) is 1.96. The third kappa shape index (κ3) is 5.34. The van der Waals surface area contributed by atoms with Gasteiger partial charge in [-0.15, -0.1) is 0 Å². The minimum absolute atomic E-state index is 0.148. The van der Waals surface area contributed by atoms with E-state index in [9.17, 15) is 4.79 Å². The number of rotatable bonds is 5. The lowest BCUT2D eigenvalue weighted by Crippen LogP contribution is -2.19. The summed E-state index contributed by atoms with van der Waals surface area (Å²) in [5, 5.41) is 0. The first-order chi connectivity index (χ1) is 5.48. The second kappa shape index (κ2) is 5.34. The van der Waals surface area contributed by atoms with Crippen LogP contribution in [0.3, 0.4) is 0 Å². The highest BCUT2D eigenvalue weighted by Gasteiger charge is 2.19. The maximum Gasteiger partial charge on any atom is 0.138 e. The van der Waals surface area contributed by atoms with Gasteiger partial charge in [-0.3, -0.25) is 4.79 Å². The molecule has 0 aromatic rings. The number of carbonyl (C=O) groups is 1. The Hall–Kier alpha value is -0.330. The van der Waals surface area contributed by atoms with Crippen molar-refractivity contribution in [3.05, 3.63) is 6.92 Å². The van der Waals surface area contributed by atoms with E-state index in [2.05, 4.69) is 6.92 Å². The minimum Gasteiger partial charge on any atom is -0.299 e. The molecule has 0 saturated carbocycles. The first-order valence-corrected chi connectivity index (χ1v) is 4.81. The van der Waals surface area contributed by atoms with Crippen molar-refractivity contribution < 1.29 is 4.79 Å². The van der Waals surface area contributed by atoms with E-state index in [-0.39, 0.29) is 5.41 Å². The molecule has 0 unspecified atom stereocenters. The molecule has 1 nitrogen and oxygen atoms in total. The molecule has 0 aliphatic heterocycles. The van der Waals surface area contributed by atoms with Gasteiger partial charge in [-0.2, -0.15) is 0 Å². The topological polar surface area (TPSA) is 17.1 Å². The fourth-order valence-electron chi connectivity index (χ4n) is 1.01. The van der Waals surface area contributed by atoms with E-state index in [1.165, 1.54) is 0 Å². The molecule has 0 fully saturated rings. The Morgan fingerprint density at radius 2 is 1.75 bits per heavy atom. The fraction of sp³-hybridized carbons (Fsp3) is 0.818. The van der Waals surface area contributed by atoms with Crippen LogP contribution in [0.5, 0.6) is 0 Å². The molecule has 0 rings (SSSR count). The zero-order valence-corrected chi connectivity index (χ0v) is 8.65. The summed E-state index contributed by atoms with van der Waals surface area (Å²) in [4.78, 5) is 11.4. The van der Waals surface area contributed by atoms with Crippen LogP contribution < -0.4 is 0 Å². The van der Waals surface area contributed by atoms with E-state index < -0.39 is 0 Å². The number of hydrogen-bond donors (Lipinski definition) is 0. The molecule has 1 radical (unpaired) electrons. The summed E-state index contributed by atoms with van der Waals surface area (Å²) in [6.45, 7) is 9.71. The van der Waals surface area contributed by atoms with E-state index >= 15 is 0 Å². The molecule has 0 N–H and O–H groups in total. The van der Waals surface area contributed by atoms with Crippen LogP contribution in [0.1, 0.15) is 52.9 Å². The molecule has 0 aromatic carbocycles. The molecule has 0 spiro atoms. The number of unbranched alkanes of at least 4 members (excludes halogenated alkanes) is 3. The molecule has 12 heavy (non-hydrogen) atoms. The van der Waals surface area contributed by atoms with Crippen molar-refractivity contribution in [2.24, 2.45) is 5.41 Å². The molecule has 0 aliphatic carbocycles. The van der Waals surface area contributed by atoms with Crippen molar-refractivity contribution in [2.45, 2.75) is 52.9 Å². The first-order valence-electron chi connectivity index (χ1n) is 4.81. The molecular formula is C11H21O. The quantitative estimate of drug-likeness (QED) is 0.576. The van der Waals surface area contributed by atoms with E-state index in [0.29, 0.717) is 5.78 Å². The molecule has 0 amide bonds. The largest absolute Gasteiger partial charge is 0.299 e. The average molecular weight is 169 g/mol. The van der Waals surface area contributed by atoms with Gasteiger partial charge in [0.15, 0.2) is 0 Å². The maximum atomic E-state index is 11.4. The molecule has 71 valence electrons. The third-order valence-electron chi connectivity index (χ3n) is 1.99. The van der Waals surface area contributed by atoms with E-state index in [4.69, 9.17) is 0 Å². The van der Waals surface area contributed by atoms with Crippen LogP contribution >= 0.6 is 0 Å². The number of carbonyl (C=O) groups excluding carboxylic acids is 1. The zero-order chi connectivity index (χ0) is 9.61. The predicted molar refractivity (Wildman–Crippen MR) is 52.9 cm³/mol. The van der Waals surface area contributed by atoms with Crippen molar-refractivity contribution in [1.82, 2.24) is 0 Å². The van der Waals surface area contributed by atoms with Crippen molar-refractivity contribution in [1.29, 1.82) is 0 Å². The van der Waals surface area contributed by atoms with E-state index in [1.807, 2.05) is 20.8 Å². The van der Waals surface area contributed by atoms with Crippen LogP contribution in [-0.2, 0) is 4.79 Å². The Morgan fingerprint density at radius 3 is 2.17 bits per heavy atom. The number of ketones is 1. The number of Topliss-reactive ketones (excluding diaryl/α,β-unsaturated/α-hetero) is 1. The van der Waals surface area contributed by atoms with Gasteiger partial charge in [-0.25, -0.2) is 0 Å². The van der Waals surface area contributed by atoms with Crippen LogP contribution in [-0.4, -0.2) is 5.78 Å². The third-order valence-corrected chi connectivity index (χ3v) is 1.99. The summed E-state index contributed by atoms with van der Waals surface area (Å²) >= 11 is 0. The van der Waals surface area contributed by atoms with Crippen molar-refractivity contribution >= 4 is 5.78 Å². The highest BCUT2D eigenvalue weighted by atomic mass is 16.1. The van der Waals surface area contributed by atoms with Crippen LogP contribution in [0.25, 0.3) is 0 Å². The summed E-state index contributed by atoms with van der Waals surface area (Å²) in [6, 6.07) is 0. The van der Waals surface area contributed by atoms with Crippen LogP contribution in [0, 0.1) is 12.3 Å². The molecule has 0 aliphatic rings. The highest BCUT2D eigenvalue weighted by Crippen LogP contribution is 2.18. The van der Waals surface area contributed by atoms with Crippen molar-refractivity contribution in [3.63, 3.8) is 0 Å². The second-order valence-corrected chi connectivity index (χ2v) is 4.34. The lowest BCUT2D eigenvalue weighted by molar-refractivity contribution is -0.126. The van der Waals surface area contributed by atoms with Crippen molar-refractivity contribution in [3.8, 4) is 0 Å². The molecule has 0 aromatic heterocycles. The lowest BCUT2D eigenvalue weighted by atomic mass is 9.88. The summed E-state index contributed by atoms with van der Waals surface area (Å²) in [5.41, 5.74) is -0.148. The van der Waals surface area contributed by atoms with Gasteiger partial charge in [0, 0.05) is 11.8 Å². The predicted octanol–water partition coefficient (Wildman–Crippen LogP) is 3.39. The summed E-state index contributed by atoms with van der Waals surface area (Å²) in [7, 11) is 0. The Balaban J connectivity index is 3.45. The monoisotopic (exact) mass is 169 g/mol. The molecule has 0 bridgehead atoms. The smallest absolute Gasteiger partial charge is 0.138 e. The minimum atomic E-state index is -0.148. The Bertz CT molecular complexity index is 130. The summed E-state index contributed by atoms with van der Waals surface area (Å²) in [6.07, 6.45) is 5.06. The lowest BCUT2D eigenvalue weighted by Gasteiger charge is -2.15. The van der Waals surface area contributed by atoms with Gasteiger partial charge in [0.1, 0.15) is 5.78 Å². The van der Waals surface area contributed by atoms with E-state index in [1.54, 1.807) is 0 Å². The Morgan fingerprint density at radius 1 is 1.17 bits per heavy atom. The van der Waals surface area contributed by atoms with Crippen LogP contribution in [0.4, 0.5) is 0 Å². The van der Waals surface area contributed by atoms with Crippen LogP contribution in [0.15, 0.2) is 0 Å². The maximum absolute atomic E-state index is 11.4. The van der Waals surface area contributed by atoms with Gasteiger partial charge in [0.25, 0.3) is 0 Å².